The summed E-state index contributed by atoms with van der Waals surface area (Å²) >= 11 is 1.02. The van der Waals surface area contributed by atoms with Gasteiger partial charge < -0.3 is 0 Å². The van der Waals surface area contributed by atoms with E-state index in [2.05, 4.69) is 0 Å². The second kappa shape index (κ2) is 7.96. The first-order valence-corrected chi connectivity index (χ1v) is 5.69. The second-order valence-corrected chi connectivity index (χ2v) is 4.16. The lowest BCUT2D eigenvalue weighted by atomic mass is 10.1. The number of halogens is 4. The summed E-state index contributed by atoms with van der Waals surface area (Å²) in [6.45, 7) is 1.70. The third kappa shape index (κ3) is 6.76. The Morgan fingerprint density at radius 3 is 2.33 bits per heavy atom. The van der Waals surface area contributed by atoms with Crippen molar-refractivity contribution in [3.05, 3.63) is 0 Å². The van der Waals surface area contributed by atoms with Crippen molar-refractivity contribution >= 4 is 16.9 Å². The molecule has 0 aliphatic carbocycles. The van der Waals surface area contributed by atoms with Crippen LogP contribution >= 0.6 is 11.8 Å². The van der Waals surface area contributed by atoms with Gasteiger partial charge in [0.1, 0.15) is 6.17 Å². The van der Waals surface area contributed by atoms with Crippen molar-refractivity contribution in [1.82, 2.24) is 0 Å². The zero-order valence-electron chi connectivity index (χ0n) is 8.39. The van der Waals surface area contributed by atoms with E-state index in [4.69, 9.17) is 0 Å². The first kappa shape index (κ1) is 14.7. The van der Waals surface area contributed by atoms with Crippen molar-refractivity contribution in [1.29, 1.82) is 0 Å². The molecule has 15 heavy (non-hydrogen) atoms. The number of carbonyl (C=O) groups is 1. The van der Waals surface area contributed by atoms with Crippen molar-refractivity contribution in [3.63, 3.8) is 0 Å². The third-order valence-electron chi connectivity index (χ3n) is 1.76. The maximum Gasteiger partial charge on any atom is 0.272 e. The number of alkyl halides is 4. The topological polar surface area (TPSA) is 17.1 Å². The van der Waals surface area contributed by atoms with Crippen LogP contribution in [0.25, 0.3) is 0 Å². The molecule has 0 aliphatic rings. The molecule has 0 heterocycles. The van der Waals surface area contributed by atoms with E-state index in [9.17, 15) is 22.4 Å². The van der Waals surface area contributed by atoms with Crippen molar-refractivity contribution in [2.75, 3.05) is 5.75 Å². The van der Waals surface area contributed by atoms with Crippen molar-refractivity contribution in [3.8, 4) is 0 Å². The molecule has 1 nitrogen and oxygen atoms in total. The minimum absolute atomic E-state index is 0.0314. The van der Waals surface area contributed by atoms with E-state index in [1.807, 2.05) is 0 Å². The molecule has 0 rings (SSSR count). The van der Waals surface area contributed by atoms with Crippen molar-refractivity contribution in [2.24, 2.45) is 0 Å². The number of hydrogen-bond acceptors (Lipinski definition) is 2. The van der Waals surface area contributed by atoms with E-state index < -0.39 is 18.8 Å². The molecule has 90 valence electrons. The molecule has 0 aromatic rings. The Kier molecular flexibility index (Phi) is 7.82. The second-order valence-electron chi connectivity index (χ2n) is 3.01. The van der Waals surface area contributed by atoms with Gasteiger partial charge >= 0.3 is 0 Å². The summed E-state index contributed by atoms with van der Waals surface area (Å²) in [7, 11) is 0. The average molecular weight is 246 g/mol. The molecule has 0 N–H and O–H groups in total. The van der Waals surface area contributed by atoms with E-state index in [0.29, 0.717) is 12.2 Å². The molecule has 0 radical (unpaired) electrons. The van der Waals surface area contributed by atoms with Gasteiger partial charge in [-0.2, -0.15) is 0 Å². The van der Waals surface area contributed by atoms with Gasteiger partial charge in [-0.05, 0) is 12.8 Å². The van der Waals surface area contributed by atoms with Crippen LogP contribution < -0.4 is 0 Å². The fourth-order valence-corrected chi connectivity index (χ4v) is 1.63. The standard InChI is InChI=1S/C9H14F4OS/c1-2-7(14)15-5-3-4-6(10)8(11)9(12)13/h6,8-9H,2-5H2,1H3. The molecular weight excluding hydrogens is 232 g/mol. The molecule has 0 fully saturated rings. The van der Waals surface area contributed by atoms with Crippen molar-refractivity contribution in [2.45, 2.75) is 45.0 Å². The largest absolute Gasteiger partial charge is 0.287 e. The van der Waals surface area contributed by atoms with Gasteiger partial charge in [0.15, 0.2) is 11.3 Å². The SMILES string of the molecule is CCC(=O)SCCCC(F)C(F)C(F)F. The maximum atomic E-state index is 12.7. The van der Waals surface area contributed by atoms with Gasteiger partial charge in [0.05, 0.1) is 0 Å². The first-order valence-electron chi connectivity index (χ1n) is 4.71. The fourth-order valence-electron chi connectivity index (χ4n) is 0.883. The Bertz CT molecular complexity index is 189. The highest BCUT2D eigenvalue weighted by Gasteiger charge is 2.28. The van der Waals surface area contributed by atoms with Gasteiger partial charge in [-0.1, -0.05) is 18.7 Å². The maximum absolute atomic E-state index is 12.7. The highest BCUT2D eigenvalue weighted by molar-refractivity contribution is 8.13. The highest BCUT2D eigenvalue weighted by atomic mass is 32.2. The number of hydrogen-bond donors (Lipinski definition) is 0. The first-order chi connectivity index (χ1) is 6.99. The monoisotopic (exact) mass is 246 g/mol. The third-order valence-corrected chi connectivity index (χ3v) is 2.87. The van der Waals surface area contributed by atoms with Gasteiger partial charge in [-0.15, -0.1) is 0 Å². The molecule has 0 spiro atoms. The molecule has 0 saturated heterocycles. The summed E-state index contributed by atoms with van der Waals surface area (Å²) in [4.78, 5) is 10.8. The predicted octanol–water partition coefficient (Wildman–Crippen LogP) is 3.38. The van der Waals surface area contributed by atoms with Gasteiger partial charge in [0, 0.05) is 12.2 Å². The summed E-state index contributed by atoms with van der Waals surface area (Å²) in [5, 5.41) is -0.0314. The number of thioether (sulfide) groups is 1. The van der Waals surface area contributed by atoms with Crippen LogP contribution in [0.5, 0.6) is 0 Å². The van der Waals surface area contributed by atoms with Crippen LogP contribution in [-0.2, 0) is 4.79 Å². The molecule has 6 heteroatoms. The van der Waals surface area contributed by atoms with Gasteiger partial charge in [-0.3, -0.25) is 4.79 Å². The predicted molar refractivity (Wildman–Crippen MR) is 52.8 cm³/mol. The summed E-state index contributed by atoms with van der Waals surface area (Å²) < 4.78 is 48.5. The van der Waals surface area contributed by atoms with Gasteiger partial charge in [-0.25, -0.2) is 17.6 Å². The summed E-state index contributed by atoms with van der Waals surface area (Å²) in [6, 6.07) is 0. The van der Waals surface area contributed by atoms with E-state index in [0.717, 1.165) is 11.8 Å². The molecule has 0 aromatic heterocycles. The normalized spacial score (nSPS) is 15.3. The van der Waals surface area contributed by atoms with E-state index in [1.54, 1.807) is 6.92 Å². The molecule has 2 atom stereocenters. The minimum Gasteiger partial charge on any atom is -0.287 e. The Balaban J connectivity index is 3.55. The van der Waals surface area contributed by atoms with E-state index in [1.165, 1.54) is 0 Å². The fraction of sp³-hybridized carbons (Fsp3) is 0.889. The van der Waals surface area contributed by atoms with Gasteiger partial charge in [0.25, 0.3) is 6.43 Å². The zero-order chi connectivity index (χ0) is 11.8. The molecule has 0 bridgehead atoms. The quantitative estimate of drug-likeness (QED) is 0.506. The molecule has 2 unspecified atom stereocenters. The van der Waals surface area contributed by atoms with Crippen LogP contribution in [0.2, 0.25) is 0 Å². The zero-order valence-corrected chi connectivity index (χ0v) is 9.21. The Morgan fingerprint density at radius 2 is 1.87 bits per heavy atom. The van der Waals surface area contributed by atoms with Crippen molar-refractivity contribution < 1.29 is 22.4 Å². The lowest BCUT2D eigenvalue weighted by molar-refractivity contribution is -0.110. The van der Waals surface area contributed by atoms with Crippen LogP contribution in [0.1, 0.15) is 26.2 Å². The Morgan fingerprint density at radius 1 is 1.27 bits per heavy atom. The molecule has 0 amide bonds. The molecular formula is C9H14F4OS. The summed E-state index contributed by atoms with van der Waals surface area (Å²) in [5.74, 6) is 0.350. The number of carbonyl (C=O) groups excluding carboxylic acids is 1. The summed E-state index contributed by atoms with van der Waals surface area (Å²) in [6.07, 6.45) is -7.78. The average Bonchev–Trinajstić information content (AvgIpc) is 2.22. The smallest absolute Gasteiger partial charge is 0.272 e. The molecule has 0 aromatic carbocycles. The minimum atomic E-state index is -3.27. The van der Waals surface area contributed by atoms with Gasteiger partial charge in [0.2, 0.25) is 0 Å². The van der Waals surface area contributed by atoms with Crippen LogP contribution in [0.3, 0.4) is 0 Å². The highest BCUT2D eigenvalue weighted by Crippen LogP contribution is 2.18. The molecule has 0 aliphatic heterocycles. The Labute approximate surface area is 90.6 Å². The van der Waals surface area contributed by atoms with E-state index in [-0.39, 0.29) is 18.0 Å². The number of rotatable bonds is 7. The van der Waals surface area contributed by atoms with Crippen LogP contribution in [-0.4, -0.2) is 29.6 Å². The lowest BCUT2D eigenvalue weighted by Crippen LogP contribution is -2.25. The molecule has 0 saturated carbocycles. The lowest BCUT2D eigenvalue weighted by Gasteiger charge is -2.11. The van der Waals surface area contributed by atoms with Crippen LogP contribution in [0.4, 0.5) is 17.6 Å². The van der Waals surface area contributed by atoms with Crippen LogP contribution in [0, 0.1) is 0 Å². The summed E-state index contributed by atoms with van der Waals surface area (Å²) in [5.41, 5.74) is 0. The van der Waals surface area contributed by atoms with Crippen LogP contribution in [0.15, 0.2) is 0 Å². The Hall–Kier alpha value is -0.260. The van der Waals surface area contributed by atoms with E-state index >= 15 is 0 Å².